The van der Waals surface area contributed by atoms with Crippen molar-refractivity contribution in [3.05, 3.63) is 23.8 Å². The highest BCUT2D eigenvalue weighted by Crippen LogP contribution is 2.32. The van der Waals surface area contributed by atoms with Crippen LogP contribution in [-0.2, 0) is 0 Å². The normalized spacial score (nSPS) is 19.4. The number of likely N-dealkylation sites (tertiary alicyclic amines) is 1. The molecule has 112 valence electrons. The fourth-order valence-electron chi connectivity index (χ4n) is 2.84. The minimum atomic E-state index is -0.507. The number of aliphatic hydroxyl groups is 1. The summed E-state index contributed by atoms with van der Waals surface area (Å²) in [5.41, 5.74) is 0.876. The number of rotatable bonds is 5. The van der Waals surface area contributed by atoms with Crippen molar-refractivity contribution in [1.29, 1.82) is 0 Å². The van der Waals surface area contributed by atoms with Crippen molar-refractivity contribution in [3.8, 4) is 11.5 Å². The van der Waals surface area contributed by atoms with E-state index in [0.717, 1.165) is 18.7 Å². The Morgan fingerprint density at radius 3 is 2.30 bits per heavy atom. The summed E-state index contributed by atoms with van der Waals surface area (Å²) in [4.78, 5) is 2.37. The fourth-order valence-corrected chi connectivity index (χ4v) is 2.84. The smallest absolute Gasteiger partial charge is 0.161 e. The molecule has 1 heterocycles. The minimum absolute atomic E-state index is 0.119. The molecule has 1 aliphatic heterocycles. The van der Waals surface area contributed by atoms with Gasteiger partial charge in [0.15, 0.2) is 11.5 Å². The molecule has 4 nitrogen and oxygen atoms in total. The minimum Gasteiger partial charge on any atom is -0.493 e. The number of nitrogens with zero attached hydrogens (tertiary/aromatic N) is 1. The van der Waals surface area contributed by atoms with Crippen LogP contribution in [0.4, 0.5) is 0 Å². The van der Waals surface area contributed by atoms with Gasteiger partial charge in [-0.05, 0) is 50.6 Å². The average Bonchev–Trinajstić information content (AvgIpc) is 2.53. The molecule has 1 fully saturated rings. The van der Waals surface area contributed by atoms with Crippen LogP contribution in [-0.4, -0.2) is 43.4 Å². The van der Waals surface area contributed by atoms with Crippen LogP contribution >= 0.6 is 0 Å². The van der Waals surface area contributed by atoms with Crippen LogP contribution in [0.15, 0.2) is 18.2 Å². The molecule has 1 aromatic rings. The Morgan fingerprint density at radius 1 is 1.05 bits per heavy atom. The summed E-state index contributed by atoms with van der Waals surface area (Å²) in [6.45, 7) is 4.24. The Balaban J connectivity index is 2.13. The Morgan fingerprint density at radius 2 is 1.70 bits per heavy atom. The van der Waals surface area contributed by atoms with E-state index in [2.05, 4.69) is 11.8 Å². The van der Waals surface area contributed by atoms with Gasteiger partial charge in [-0.1, -0.05) is 12.5 Å². The van der Waals surface area contributed by atoms with Gasteiger partial charge in [0.2, 0.25) is 0 Å². The number of hydrogen-bond donors (Lipinski definition) is 1. The lowest BCUT2D eigenvalue weighted by molar-refractivity contribution is 0.0469. The zero-order valence-corrected chi connectivity index (χ0v) is 12.6. The SMILES string of the molecule is COc1ccc([C@@H](O)[C@@H](C)N2CCCCC2)cc1OC. The van der Waals surface area contributed by atoms with Crippen molar-refractivity contribution in [2.45, 2.75) is 38.3 Å². The summed E-state index contributed by atoms with van der Waals surface area (Å²) < 4.78 is 10.5. The quantitative estimate of drug-likeness (QED) is 0.899. The maximum absolute atomic E-state index is 10.6. The van der Waals surface area contributed by atoms with E-state index in [9.17, 15) is 5.11 Å². The predicted octanol–water partition coefficient (Wildman–Crippen LogP) is 2.61. The van der Waals surface area contributed by atoms with Gasteiger partial charge in [0.25, 0.3) is 0 Å². The van der Waals surface area contributed by atoms with Crippen LogP contribution in [0.25, 0.3) is 0 Å². The summed E-state index contributed by atoms with van der Waals surface area (Å²) in [5.74, 6) is 1.35. The second-order valence-electron chi connectivity index (χ2n) is 5.40. The van der Waals surface area contributed by atoms with Crippen LogP contribution in [0.5, 0.6) is 11.5 Å². The van der Waals surface area contributed by atoms with Crippen molar-refractivity contribution in [2.24, 2.45) is 0 Å². The van der Waals surface area contributed by atoms with E-state index in [-0.39, 0.29) is 6.04 Å². The van der Waals surface area contributed by atoms with E-state index >= 15 is 0 Å². The molecule has 20 heavy (non-hydrogen) atoms. The topological polar surface area (TPSA) is 41.9 Å². The first-order valence-electron chi connectivity index (χ1n) is 7.31. The molecule has 0 saturated carbocycles. The third-order valence-corrected chi connectivity index (χ3v) is 4.17. The first kappa shape index (κ1) is 15.1. The Kier molecular flexibility index (Phi) is 5.26. The molecule has 1 saturated heterocycles. The highest BCUT2D eigenvalue weighted by atomic mass is 16.5. The second kappa shape index (κ2) is 6.95. The standard InChI is InChI=1S/C16H25NO3/c1-12(17-9-5-4-6-10-17)16(18)13-7-8-14(19-2)15(11-13)20-3/h7-8,11-12,16,18H,4-6,9-10H2,1-3H3/t12-,16+/m1/s1. The molecule has 0 aliphatic carbocycles. The molecule has 0 bridgehead atoms. The highest BCUT2D eigenvalue weighted by Gasteiger charge is 2.25. The Hall–Kier alpha value is -1.26. The van der Waals surface area contributed by atoms with Crippen LogP contribution < -0.4 is 9.47 Å². The van der Waals surface area contributed by atoms with Crippen molar-refractivity contribution in [3.63, 3.8) is 0 Å². The predicted molar refractivity (Wildman–Crippen MR) is 79.4 cm³/mol. The molecule has 0 amide bonds. The molecule has 2 atom stereocenters. The third-order valence-electron chi connectivity index (χ3n) is 4.17. The number of aliphatic hydroxyl groups excluding tert-OH is 1. The van der Waals surface area contributed by atoms with Crippen molar-refractivity contribution in [1.82, 2.24) is 4.90 Å². The van der Waals surface area contributed by atoms with Gasteiger partial charge in [-0.3, -0.25) is 4.90 Å². The lowest BCUT2D eigenvalue weighted by Gasteiger charge is -2.35. The van der Waals surface area contributed by atoms with Crippen molar-refractivity contribution >= 4 is 0 Å². The molecule has 1 aliphatic rings. The first-order valence-corrected chi connectivity index (χ1v) is 7.31. The van der Waals surface area contributed by atoms with Gasteiger partial charge in [-0.15, -0.1) is 0 Å². The zero-order valence-electron chi connectivity index (χ0n) is 12.6. The largest absolute Gasteiger partial charge is 0.493 e. The molecular weight excluding hydrogens is 254 g/mol. The van der Waals surface area contributed by atoms with Gasteiger partial charge in [0.05, 0.1) is 20.3 Å². The monoisotopic (exact) mass is 279 g/mol. The van der Waals surface area contributed by atoms with Crippen LogP contribution in [0, 0.1) is 0 Å². The van der Waals surface area contributed by atoms with E-state index in [1.807, 2.05) is 18.2 Å². The summed E-state index contributed by atoms with van der Waals surface area (Å²) in [7, 11) is 3.23. The molecule has 1 N–H and O–H groups in total. The first-order chi connectivity index (χ1) is 9.67. The van der Waals surface area contributed by atoms with Crippen LogP contribution in [0.1, 0.15) is 37.9 Å². The maximum atomic E-state index is 10.6. The summed E-state index contributed by atoms with van der Waals surface area (Å²) in [6, 6.07) is 5.74. The molecule has 0 spiro atoms. The summed E-state index contributed by atoms with van der Waals surface area (Å²) in [6.07, 6.45) is 3.25. The number of methoxy groups -OCH3 is 2. The number of benzene rings is 1. The second-order valence-corrected chi connectivity index (χ2v) is 5.40. The third kappa shape index (κ3) is 3.25. The number of hydrogen-bond acceptors (Lipinski definition) is 4. The summed E-state index contributed by atoms with van der Waals surface area (Å²) >= 11 is 0. The highest BCUT2D eigenvalue weighted by molar-refractivity contribution is 5.43. The molecule has 1 aromatic carbocycles. The Bertz CT molecular complexity index is 430. The van der Waals surface area contributed by atoms with Gasteiger partial charge >= 0.3 is 0 Å². The fraction of sp³-hybridized carbons (Fsp3) is 0.625. The average molecular weight is 279 g/mol. The van der Waals surface area contributed by atoms with Gasteiger partial charge in [0.1, 0.15) is 0 Å². The molecule has 2 rings (SSSR count). The van der Waals surface area contributed by atoms with Crippen LogP contribution in [0.3, 0.4) is 0 Å². The Labute approximate surface area is 121 Å². The van der Waals surface area contributed by atoms with Gasteiger partial charge in [-0.2, -0.15) is 0 Å². The van der Waals surface area contributed by atoms with E-state index in [4.69, 9.17) is 9.47 Å². The lowest BCUT2D eigenvalue weighted by atomic mass is 9.99. The molecular formula is C16H25NO3. The molecule has 0 aromatic heterocycles. The maximum Gasteiger partial charge on any atom is 0.161 e. The van der Waals surface area contributed by atoms with Gasteiger partial charge in [0, 0.05) is 6.04 Å². The lowest BCUT2D eigenvalue weighted by Crippen LogP contribution is -2.40. The molecule has 4 heteroatoms. The molecule has 0 unspecified atom stereocenters. The van der Waals surface area contributed by atoms with E-state index in [1.165, 1.54) is 19.3 Å². The molecule has 0 radical (unpaired) electrons. The van der Waals surface area contributed by atoms with Crippen molar-refractivity contribution in [2.75, 3.05) is 27.3 Å². The zero-order chi connectivity index (χ0) is 14.5. The number of ether oxygens (including phenoxy) is 2. The van der Waals surface area contributed by atoms with E-state index in [0.29, 0.717) is 11.5 Å². The van der Waals surface area contributed by atoms with Crippen molar-refractivity contribution < 1.29 is 14.6 Å². The van der Waals surface area contributed by atoms with E-state index < -0.39 is 6.10 Å². The van der Waals surface area contributed by atoms with Gasteiger partial charge < -0.3 is 14.6 Å². The summed E-state index contributed by atoms with van der Waals surface area (Å²) in [5, 5.41) is 10.6. The van der Waals surface area contributed by atoms with Gasteiger partial charge in [-0.25, -0.2) is 0 Å². The van der Waals surface area contributed by atoms with Crippen LogP contribution in [0.2, 0.25) is 0 Å². The van der Waals surface area contributed by atoms with E-state index in [1.54, 1.807) is 14.2 Å². The number of piperidine rings is 1.